The van der Waals surface area contributed by atoms with E-state index < -0.39 is 17.2 Å². The van der Waals surface area contributed by atoms with E-state index in [4.69, 9.17) is 17.3 Å². The Morgan fingerprint density at radius 3 is 2.50 bits per heavy atom. The Hall–Kier alpha value is -2.93. The minimum absolute atomic E-state index is 0.0540. The van der Waals surface area contributed by atoms with Crippen molar-refractivity contribution in [3.05, 3.63) is 74.0 Å². The van der Waals surface area contributed by atoms with E-state index in [-0.39, 0.29) is 24.1 Å². The summed E-state index contributed by atoms with van der Waals surface area (Å²) in [6, 6.07) is 9.94. The number of pyridine rings is 1. The van der Waals surface area contributed by atoms with E-state index in [0.29, 0.717) is 5.02 Å². The van der Waals surface area contributed by atoms with E-state index in [1.165, 1.54) is 6.20 Å². The summed E-state index contributed by atoms with van der Waals surface area (Å²) in [4.78, 5) is 40.6. The Bertz CT molecular complexity index is 1040. The van der Waals surface area contributed by atoms with E-state index in [1.54, 1.807) is 36.4 Å². The summed E-state index contributed by atoms with van der Waals surface area (Å²) >= 11 is 5.84. The number of aromatic nitrogens is 3. The molecule has 2 aromatic heterocycles. The van der Waals surface area contributed by atoms with Crippen molar-refractivity contribution in [2.75, 3.05) is 0 Å². The first-order chi connectivity index (χ1) is 11.5. The molecule has 8 heteroatoms. The fourth-order valence-corrected chi connectivity index (χ4v) is 2.58. The molecule has 0 aliphatic carbocycles. The summed E-state index contributed by atoms with van der Waals surface area (Å²) in [5, 5.41) is 0.798. The van der Waals surface area contributed by atoms with Crippen LogP contribution in [0.15, 0.2) is 52.2 Å². The van der Waals surface area contributed by atoms with Crippen LogP contribution in [0.25, 0.3) is 11.0 Å². The summed E-state index contributed by atoms with van der Waals surface area (Å²) in [5.41, 5.74) is 4.97. The Labute approximate surface area is 140 Å². The van der Waals surface area contributed by atoms with Crippen molar-refractivity contribution < 1.29 is 4.79 Å². The first-order valence-electron chi connectivity index (χ1n) is 7.08. The summed E-state index contributed by atoms with van der Waals surface area (Å²) < 4.78 is 2.16. The van der Waals surface area contributed by atoms with Gasteiger partial charge in [0.15, 0.2) is 0 Å². The molecule has 0 fully saturated rings. The number of carbonyl (C=O) groups is 1. The first-order valence-corrected chi connectivity index (χ1v) is 7.46. The zero-order chi connectivity index (χ0) is 17.3. The highest BCUT2D eigenvalue weighted by molar-refractivity contribution is 6.30. The number of primary amides is 1. The fraction of sp³-hybridized carbons (Fsp3) is 0.125. The lowest BCUT2D eigenvalue weighted by Gasteiger charge is -2.12. The minimum Gasteiger partial charge on any atom is -0.368 e. The molecular weight excluding hydrogens is 332 g/mol. The second kappa shape index (κ2) is 6.29. The molecule has 2 N–H and O–H groups in total. The minimum atomic E-state index is -0.694. The summed E-state index contributed by atoms with van der Waals surface area (Å²) in [6.07, 6.45) is 1.45. The molecule has 1 aromatic carbocycles. The van der Waals surface area contributed by atoms with Gasteiger partial charge in [0, 0.05) is 11.2 Å². The molecule has 0 spiro atoms. The molecule has 0 bridgehead atoms. The number of carbonyl (C=O) groups excluding carboxylic acids is 1. The molecular formula is C16H13ClN4O3. The van der Waals surface area contributed by atoms with Gasteiger partial charge in [0.25, 0.3) is 5.56 Å². The molecule has 0 radical (unpaired) electrons. The number of hydrogen-bond donors (Lipinski definition) is 1. The van der Waals surface area contributed by atoms with E-state index >= 15 is 0 Å². The van der Waals surface area contributed by atoms with Crippen molar-refractivity contribution in [3.8, 4) is 0 Å². The van der Waals surface area contributed by atoms with Gasteiger partial charge in [-0.15, -0.1) is 0 Å². The van der Waals surface area contributed by atoms with Crippen molar-refractivity contribution in [1.29, 1.82) is 0 Å². The number of nitrogens with two attached hydrogens (primary N) is 1. The van der Waals surface area contributed by atoms with Crippen molar-refractivity contribution in [1.82, 2.24) is 14.1 Å². The highest BCUT2D eigenvalue weighted by Gasteiger charge is 2.15. The van der Waals surface area contributed by atoms with Crippen LogP contribution >= 0.6 is 11.6 Å². The van der Waals surface area contributed by atoms with Gasteiger partial charge in [0.05, 0.1) is 11.9 Å². The molecule has 0 saturated carbocycles. The molecule has 0 aliphatic heterocycles. The summed E-state index contributed by atoms with van der Waals surface area (Å²) in [7, 11) is 0. The van der Waals surface area contributed by atoms with E-state index in [9.17, 15) is 14.4 Å². The van der Waals surface area contributed by atoms with Crippen molar-refractivity contribution >= 4 is 28.5 Å². The van der Waals surface area contributed by atoms with Crippen LogP contribution in [0.5, 0.6) is 0 Å². The van der Waals surface area contributed by atoms with Crippen LogP contribution in [0.3, 0.4) is 0 Å². The average molecular weight is 345 g/mol. The van der Waals surface area contributed by atoms with Crippen LogP contribution in [0.1, 0.15) is 5.56 Å². The highest BCUT2D eigenvalue weighted by Crippen LogP contribution is 2.10. The van der Waals surface area contributed by atoms with Crippen LogP contribution < -0.4 is 17.0 Å². The number of fused-ring (bicyclic) bond motifs is 1. The Balaban J connectivity index is 2.23. The lowest BCUT2D eigenvalue weighted by Crippen LogP contribution is -2.42. The number of amides is 1. The van der Waals surface area contributed by atoms with Crippen LogP contribution in [0, 0.1) is 0 Å². The lowest BCUT2D eigenvalue weighted by molar-refractivity contribution is -0.118. The van der Waals surface area contributed by atoms with Gasteiger partial charge in [-0.2, -0.15) is 0 Å². The topological polar surface area (TPSA) is 100.0 Å². The number of halogens is 1. The van der Waals surface area contributed by atoms with Gasteiger partial charge in [-0.1, -0.05) is 23.7 Å². The third-order valence-corrected chi connectivity index (χ3v) is 3.80. The SMILES string of the molecule is NC(=O)Cn1c(=O)n(Cc2ccc(Cl)cc2)c(=O)c2cccnc21. The molecule has 0 unspecified atom stereocenters. The maximum Gasteiger partial charge on any atom is 0.333 e. The molecule has 0 aliphatic rings. The molecule has 1 amide bonds. The van der Waals surface area contributed by atoms with Gasteiger partial charge in [-0.25, -0.2) is 9.78 Å². The van der Waals surface area contributed by atoms with Crippen molar-refractivity contribution in [2.45, 2.75) is 13.1 Å². The zero-order valence-electron chi connectivity index (χ0n) is 12.5. The summed E-state index contributed by atoms with van der Waals surface area (Å²) in [5.74, 6) is -0.694. The number of hydrogen-bond acceptors (Lipinski definition) is 4. The Kier molecular flexibility index (Phi) is 4.18. The van der Waals surface area contributed by atoms with Crippen LogP contribution in [-0.4, -0.2) is 20.0 Å². The standard InChI is InChI=1S/C16H13ClN4O3/c17-11-5-3-10(4-6-11)8-21-15(23)12-2-1-7-19-14(12)20(16(21)24)9-13(18)22/h1-7H,8-9H2,(H2,18,22). The number of rotatable bonds is 4. The predicted molar refractivity (Wildman–Crippen MR) is 90.0 cm³/mol. The average Bonchev–Trinajstić information content (AvgIpc) is 2.57. The van der Waals surface area contributed by atoms with Gasteiger partial charge >= 0.3 is 5.69 Å². The number of nitrogens with zero attached hydrogens (tertiary/aromatic N) is 3. The van der Waals surface area contributed by atoms with Crippen molar-refractivity contribution in [3.63, 3.8) is 0 Å². The Morgan fingerprint density at radius 1 is 1.12 bits per heavy atom. The lowest BCUT2D eigenvalue weighted by atomic mass is 10.2. The van der Waals surface area contributed by atoms with Crippen LogP contribution in [0.4, 0.5) is 0 Å². The van der Waals surface area contributed by atoms with Gasteiger partial charge in [-0.05, 0) is 29.8 Å². The molecule has 7 nitrogen and oxygen atoms in total. The van der Waals surface area contributed by atoms with E-state index in [2.05, 4.69) is 4.98 Å². The quantitative estimate of drug-likeness (QED) is 0.754. The van der Waals surface area contributed by atoms with E-state index in [1.807, 2.05) is 0 Å². The maximum absolute atomic E-state index is 12.7. The maximum atomic E-state index is 12.7. The molecule has 2 heterocycles. The molecule has 122 valence electrons. The molecule has 3 rings (SSSR count). The molecule has 3 aromatic rings. The predicted octanol–water partition coefficient (Wildman–Crippen LogP) is 0.745. The van der Waals surface area contributed by atoms with Crippen molar-refractivity contribution in [2.24, 2.45) is 5.73 Å². The molecule has 0 atom stereocenters. The fourth-order valence-electron chi connectivity index (χ4n) is 2.46. The first kappa shape index (κ1) is 15.9. The summed E-state index contributed by atoms with van der Waals surface area (Å²) in [6.45, 7) is -0.300. The second-order valence-corrected chi connectivity index (χ2v) is 5.66. The third-order valence-electron chi connectivity index (χ3n) is 3.55. The second-order valence-electron chi connectivity index (χ2n) is 5.23. The van der Waals surface area contributed by atoms with Gasteiger partial charge in [0.1, 0.15) is 12.2 Å². The van der Waals surface area contributed by atoms with Gasteiger partial charge in [0.2, 0.25) is 5.91 Å². The normalized spacial score (nSPS) is 10.9. The monoisotopic (exact) mass is 344 g/mol. The molecule has 0 saturated heterocycles. The smallest absolute Gasteiger partial charge is 0.333 e. The Morgan fingerprint density at radius 2 is 1.83 bits per heavy atom. The van der Waals surface area contributed by atoms with Crippen LogP contribution in [-0.2, 0) is 17.9 Å². The third kappa shape index (κ3) is 2.93. The highest BCUT2D eigenvalue weighted by atomic mass is 35.5. The van der Waals surface area contributed by atoms with Crippen LogP contribution in [0.2, 0.25) is 5.02 Å². The number of benzene rings is 1. The molecule has 24 heavy (non-hydrogen) atoms. The largest absolute Gasteiger partial charge is 0.368 e. The van der Waals surface area contributed by atoms with Gasteiger partial charge in [-0.3, -0.25) is 18.7 Å². The van der Waals surface area contributed by atoms with E-state index in [0.717, 1.165) is 14.7 Å². The van der Waals surface area contributed by atoms with Gasteiger partial charge < -0.3 is 5.73 Å². The zero-order valence-corrected chi connectivity index (χ0v) is 13.2.